The smallest absolute Gasteiger partial charge is 0.270 e. The van der Waals surface area contributed by atoms with Crippen LogP contribution in [0, 0.1) is 0 Å². The van der Waals surface area contributed by atoms with E-state index in [9.17, 15) is 18.8 Å². The molecule has 0 atom stereocenters. The normalized spacial score (nSPS) is 15.2. The van der Waals surface area contributed by atoms with Gasteiger partial charge in [-0.25, -0.2) is 8.78 Å². The summed E-state index contributed by atoms with van der Waals surface area (Å²) in [5.74, 6) is -2.99. The second kappa shape index (κ2) is 4.69. The first-order valence-corrected chi connectivity index (χ1v) is 6.82. The van der Waals surface area contributed by atoms with Gasteiger partial charge in [0.25, 0.3) is 5.92 Å². The number of hydrogen-bond acceptors (Lipinski definition) is 2. The summed E-state index contributed by atoms with van der Waals surface area (Å²) in [6, 6.07) is 8.49. The van der Waals surface area contributed by atoms with E-state index in [2.05, 4.69) is 0 Å². The van der Waals surface area contributed by atoms with Crippen molar-refractivity contribution in [2.24, 2.45) is 0 Å². The summed E-state index contributed by atoms with van der Waals surface area (Å²) >= 11 is 0. The first kappa shape index (κ1) is 13.8. The van der Waals surface area contributed by atoms with Crippen LogP contribution in [0.3, 0.4) is 0 Å². The van der Waals surface area contributed by atoms with Crippen molar-refractivity contribution in [3.63, 3.8) is 0 Å². The van der Waals surface area contributed by atoms with E-state index in [-0.39, 0.29) is 22.6 Å². The van der Waals surface area contributed by atoms with Crippen molar-refractivity contribution in [1.82, 2.24) is 4.73 Å². The highest BCUT2D eigenvalue weighted by atomic mass is 19.3. The molecular formula is C16H15F2NO2. The third kappa shape index (κ3) is 2.55. The Balaban J connectivity index is 1.88. The van der Waals surface area contributed by atoms with E-state index in [1.54, 1.807) is 12.1 Å². The van der Waals surface area contributed by atoms with Crippen LogP contribution in [0.2, 0.25) is 0 Å². The molecule has 3 nitrogen and oxygen atoms in total. The molecule has 1 N–H and O–H groups in total. The van der Waals surface area contributed by atoms with Crippen LogP contribution in [-0.4, -0.2) is 15.7 Å². The number of benzene rings is 1. The Kier molecular flexibility index (Phi) is 3.08. The van der Waals surface area contributed by atoms with Crippen LogP contribution in [0.15, 0.2) is 36.4 Å². The minimum Gasteiger partial charge on any atom is -0.428 e. The fourth-order valence-electron chi connectivity index (χ4n) is 2.37. The monoisotopic (exact) mass is 291 g/mol. The molecule has 0 aliphatic heterocycles. The number of hydrogen-bond donors (Lipinski definition) is 1. The largest absolute Gasteiger partial charge is 0.428 e. The summed E-state index contributed by atoms with van der Waals surface area (Å²) in [6.45, 7) is 0.810. The molecule has 0 radical (unpaired) electrons. The molecule has 0 unspecified atom stereocenters. The average Bonchev–Trinajstić information content (AvgIpc) is 3.21. The van der Waals surface area contributed by atoms with Gasteiger partial charge in [-0.1, -0.05) is 24.3 Å². The Labute approximate surface area is 120 Å². The van der Waals surface area contributed by atoms with Crippen molar-refractivity contribution in [2.45, 2.75) is 31.6 Å². The Bertz CT molecular complexity index is 679. The van der Waals surface area contributed by atoms with Gasteiger partial charge in [0.2, 0.25) is 5.78 Å². The van der Waals surface area contributed by atoms with Gasteiger partial charge in [0.05, 0.1) is 5.69 Å². The summed E-state index contributed by atoms with van der Waals surface area (Å²) in [7, 11) is 0. The Hall–Kier alpha value is -2.17. The predicted octanol–water partition coefficient (Wildman–Crippen LogP) is 3.95. The third-order valence-corrected chi connectivity index (χ3v) is 3.77. The Morgan fingerprint density at radius 1 is 1.19 bits per heavy atom. The van der Waals surface area contributed by atoms with Gasteiger partial charge in [0.1, 0.15) is 5.69 Å². The van der Waals surface area contributed by atoms with Crippen molar-refractivity contribution in [2.75, 3.05) is 0 Å². The molecule has 1 aliphatic carbocycles. The van der Waals surface area contributed by atoms with Crippen molar-refractivity contribution in [1.29, 1.82) is 0 Å². The molecule has 0 spiro atoms. The molecule has 0 bridgehead atoms. The molecule has 1 aliphatic rings. The zero-order valence-electron chi connectivity index (χ0n) is 11.5. The molecule has 1 saturated carbocycles. The maximum Gasteiger partial charge on any atom is 0.270 e. The van der Waals surface area contributed by atoms with Crippen LogP contribution in [0.25, 0.3) is 0 Å². The predicted molar refractivity (Wildman–Crippen MR) is 73.0 cm³/mol. The average molecular weight is 291 g/mol. The molecule has 1 aromatic carbocycles. The third-order valence-electron chi connectivity index (χ3n) is 3.77. The van der Waals surface area contributed by atoms with Gasteiger partial charge in [-0.3, -0.25) is 4.79 Å². The second-order valence-electron chi connectivity index (χ2n) is 5.52. The van der Waals surface area contributed by atoms with Gasteiger partial charge in [0.15, 0.2) is 0 Å². The standard InChI is InChI=1S/C16H15F2NO2/c1-16(17,18)12-6-4-11(5-7-12)15(20)14-9-8-13(19(14)21)10-2-3-10/h4-10,21H,2-3H2,1H3. The zero-order valence-corrected chi connectivity index (χ0v) is 11.5. The molecule has 1 heterocycles. The van der Waals surface area contributed by atoms with Gasteiger partial charge >= 0.3 is 0 Å². The number of carbonyl (C=O) groups excluding carboxylic acids is 1. The lowest BCUT2D eigenvalue weighted by atomic mass is 10.0. The quantitative estimate of drug-likeness (QED) is 0.684. The molecule has 1 aromatic heterocycles. The van der Waals surface area contributed by atoms with E-state index in [1.807, 2.05) is 0 Å². The van der Waals surface area contributed by atoms with E-state index >= 15 is 0 Å². The van der Waals surface area contributed by atoms with E-state index in [1.165, 1.54) is 24.3 Å². The van der Waals surface area contributed by atoms with Crippen LogP contribution in [0.5, 0.6) is 0 Å². The van der Waals surface area contributed by atoms with Crippen molar-refractivity contribution in [3.8, 4) is 0 Å². The first-order chi connectivity index (χ1) is 9.88. The number of ketones is 1. The number of rotatable bonds is 4. The van der Waals surface area contributed by atoms with E-state index < -0.39 is 5.92 Å². The van der Waals surface area contributed by atoms with Crippen LogP contribution >= 0.6 is 0 Å². The lowest BCUT2D eigenvalue weighted by Gasteiger charge is -2.11. The molecule has 21 heavy (non-hydrogen) atoms. The molecule has 0 saturated heterocycles. The summed E-state index contributed by atoms with van der Waals surface area (Å²) in [6.07, 6.45) is 2.02. The van der Waals surface area contributed by atoms with Gasteiger partial charge in [0, 0.05) is 24.0 Å². The SMILES string of the molecule is CC(F)(F)c1ccc(C(=O)c2ccc(C3CC3)n2O)cc1. The van der Waals surface area contributed by atoms with Crippen molar-refractivity contribution >= 4 is 5.78 Å². The van der Waals surface area contributed by atoms with Crippen molar-refractivity contribution in [3.05, 3.63) is 58.9 Å². The number of aromatic nitrogens is 1. The second-order valence-corrected chi connectivity index (χ2v) is 5.52. The Morgan fingerprint density at radius 2 is 1.81 bits per heavy atom. The minimum absolute atomic E-state index is 0.142. The molecule has 0 amide bonds. The Morgan fingerprint density at radius 3 is 2.33 bits per heavy atom. The fraction of sp³-hybridized carbons (Fsp3) is 0.312. The first-order valence-electron chi connectivity index (χ1n) is 6.82. The lowest BCUT2D eigenvalue weighted by molar-refractivity contribution is 0.0174. The number of nitrogens with zero attached hydrogens (tertiary/aromatic N) is 1. The van der Waals surface area contributed by atoms with Crippen LogP contribution in [0.1, 0.15) is 53.0 Å². The summed E-state index contributed by atoms with van der Waals surface area (Å²) in [4.78, 5) is 12.3. The molecule has 2 aromatic rings. The highest BCUT2D eigenvalue weighted by molar-refractivity contribution is 6.08. The molecular weight excluding hydrogens is 276 g/mol. The number of carbonyl (C=O) groups is 1. The van der Waals surface area contributed by atoms with Gasteiger partial charge < -0.3 is 5.21 Å². The van der Waals surface area contributed by atoms with Crippen LogP contribution in [0.4, 0.5) is 8.78 Å². The van der Waals surface area contributed by atoms with Gasteiger partial charge in [-0.05, 0) is 25.0 Å². The number of halogens is 2. The van der Waals surface area contributed by atoms with Gasteiger partial charge in [-0.2, -0.15) is 4.73 Å². The fourth-order valence-corrected chi connectivity index (χ4v) is 2.37. The highest BCUT2D eigenvalue weighted by Crippen LogP contribution is 2.40. The van der Waals surface area contributed by atoms with Crippen LogP contribution in [-0.2, 0) is 5.92 Å². The topological polar surface area (TPSA) is 42.2 Å². The highest BCUT2D eigenvalue weighted by Gasteiger charge is 2.29. The maximum absolute atomic E-state index is 13.1. The summed E-state index contributed by atoms with van der Waals surface area (Å²) < 4.78 is 27.2. The summed E-state index contributed by atoms with van der Waals surface area (Å²) in [5.41, 5.74) is 1.03. The van der Waals surface area contributed by atoms with E-state index in [0.717, 1.165) is 30.2 Å². The molecule has 1 fully saturated rings. The maximum atomic E-state index is 13.1. The van der Waals surface area contributed by atoms with Crippen molar-refractivity contribution < 1.29 is 18.8 Å². The molecule has 5 heteroatoms. The van der Waals surface area contributed by atoms with Crippen LogP contribution < -0.4 is 0 Å². The molecule has 110 valence electrons. The van der Waals surface area contributed by atoms with E-state index in [4.69, 9.17) is 0 Å². The van der Waals surface area contributed by atoms with Gasteiger partial charge in [-0.15, -0.1) is 0 Å². The minimum atomic E-state index is -2.93. The summed E-state index contributed by atoms with van der Waals surface area (Å²) in [5, 5.41) is 10.0. The van der Waals surface area contributed by atoms with E-state index in [0.29, 0.717) is 5.92 Å². The lowest BCUT2D eigenvalue weighted by Crippen LogP contribution is -2.11. The zero-order chi connectivity index (χ0) is 15.2. The number of alkyl halides is 2. The molecule has 3 rings (SSSR count).